The summed E-state index contributed by atoms with van der Waals surface area (Å²) in [6.45, 7) is 1.31. The molecule has 0 fully saturated rings. The molecule has 0 aliphatic heterocycles. The van der Waals surface area contributed by atoms with Crippen LogP contribution in [0, 0.1) is 11.6 Å². The van der Waals surface area contributed by atoms with Crippen molar-refractivity contribution in [1.82, 2.24) is 4.98 Å². The number of H-pyrrole nitrogens is 1. The Bertz CT molecular complexity index is 983. The summed E-state index contributed by atoms with van der Waals surface area (Å²) in [7, 11) is 0. The van der Waals surface area contributed by atoms with Crippen LogP contribution in [0.15, 0.2) is 46.9 Å². The molecule has 0 saturated heterocycles. The lowest BCUT2D eigenvalue weighted by Gasteiger charge is -2.13. The summed E-state index contributed by atoms with van der Waals surface area (Å²) in [6, 6.07) is 10.2. The zero-order valence-corrected chi connectivity index (χ0v) is 15.1. The summed E-state index contributed by atoms with van der Waals surface area (Å²) in [4.78, 5) is 27.2. The Morgan fingerprint density at radius 1 is 1.15 bits per heavy atom. The third-order valence-corrected chi connectivity index (χ3v) is 4.16. The van der Waals surface area contributed by atoms with Crippen molar-refractivity contribution in [1.29, 1.82) is 0 Å². The Hall–Kier alpha value is -2.74. The quantitative estimate of drug-likeness (QED) is 0.612. The van der Waals surface area contributed by atoms with Gasteiger partial charge in [0.1, 0.15) is 23.0 Å². The minimum atomic E-state index is -1.25. The van der Waals surface area contributed by atoms with Crippen LogP contribution in [0.1, 0.15) is 17.4 Å². The lowest BCUT2D eigenvalue weighted by Crippen LogP contribution is -2.30. The summed E-state index contributed by atoms with van der Waals surface area (Å²) in [6.07, 6.45) is -1.25. The standard InChI is InChI=1S/C18H13BrF2N2O3/c1-9(17(24)23-16-12(20)3-2-4-13(16)21)26-18(25)15-8-10-7-11(19)5-6-14(10)22-15/h2-9,22H,1H3,(H,23,24). The third kappa shape index (κ3) is 3.75. The fourth-order valence-electron chi connectivity index (χ4n) is 2.33. The van der Waals surface area contributed by atoms with Crippen molar-refractivity contribution in [3.8, 4) is 0 Å². The first kappa shape index (κ1) is 18.1. The van der Waals surface area contributed by atoms with E-state index in [0.29, 0.717) is 0 Å². The summed E-state index contributed by atoms with van der Waals surface area (Å²) in [5, 5.41) is 2.88. The number of esters is 1. The third-order valence-electron chi connectivity index (χ3n) is 3.67. The average molecular weight is 423 g/mol. The van der Waals surface area contributed by atoms with Crippen molar-refractivity contribution >= 4 is 44.4 Å². The lowest BCUT2D eigenvalue weighted by atomic mass is 10.2. The number of halogens is 3. The number of anilines is 1. The summed E-state index contributed by atoms with van der Waals surface area (Å²) in [5.41, 5.74) is 0.302. The maximum Gasteiger partial charge on any atom is 0.355 e. The minimum Gasteiger partial charge on any atom is -0.448 e. The number of para-hydroxylation sites is 1. The molecule has 0 saturated carbocycles. The van der Waals surface area contributed by atoms with Crippen LogP contribution < -0.4 is 5.32 Å². The van der Waals surface area contributed by atoms with E-state index in [1.165, 1.54) is 13.0 Å². The number of aromatic nitrogens is 1. The maximum absolute atomic E-state index is 13.6. The number of rotatable bonds is 4. The van der Waals surface area contributed by atoms with E-state index in [1.54, 1.807) is 12.1 Å². The number of benzene rings is 2. The molecule has 8 heteroatoms. The van der Waals surface area contributed by atoms with Crippen LogP contribution in [0.5, 0.6) is 0 Å². The van der Waals surface area contributed by atoms with Crippen LogP contribution in [0.2, 0.25) is 0 Å². The van der Waals surface area contributed by atoms with E-state index in [1.807, 2.05) is 12.1 Å². The van der Waals surface area contributed by atoms with Crippen LogP contribution in [0.3, 0.4) is 0 Å². The second-order valence-electron chi connectivity index (χ2n) is 5.55. The molecule has 0 aliphatic carbocycles. The van der Waals surface area contributed by atoms with E-state index < -0.39 is 35.3 Å². The number of ether oxygens (including phenoxy) is 1. The van der Waals surface area contributed by atoms with E-state index in [-0.39, 0.29) is 5.69 Å². The number of amides is 1. The van der Waals surface area contributed by atoms with Gasteiger partial charge in [0, 0.05) is 15.4 Å². The van der Waals surface area contributed by atoms with E-state index in [4.69, 9.17) is 4.74 Å². The fraction of sp³-hybridized carbons (Fsp3) is 0.111. The van der Waals surface area contributed by atoms with Gasteiger partial charge in [-0.15, -0.1) is 0 Å². The Morgan fingerprint density at radius 2 is 1.85 bits per heavy atom. The summed E-state index contributed by atoms with van der Waals surface area (Å²) < 4.78 is 33.1. The zero-order chi connectivity index (χ0) is 18.8. The topological polar surface area (TPSA) is 71.2 Å². The van der Waals surface area contributed by atoms with Crippen LogP contribution in [0.4, 0.5) is 14.5 Å². The highest BCUT2D eigenvalue weighted by molar-refractivity contribution is 9.10. The predicted octanol–water partition coefficient (Wildman–Crippen LogP) is 4.39. The van der Waals surface area contributed by atoms with Gasteiger partial charge in [0.05, 0.1) is 0 Å². The highest BCUT2D eigenvalue weighted by atomic mass is 79.9. The first-order chi connectivity index (χ1) is 12.3. The zero-order valence-electron chi connectivity index (χ0n) is 13.5. The van der Waals surface area contributed by atoms with Gasteiger partial charge < -0.3 is 15.0 Å². The number of fused-ring (bicyclic) bond motifs is 1. The van der Waals surface area contributed by atoms with Gasteiger partial charge in [-0.1, -0.05) is 22.0 Å². The first-order valence-corrected chi connectivity index (χ1v) is 8.38. The molecule has 1 unspecified atom stereocenters. The predicted molar refractivity (Wildman–Crippen MR) is 95.9 cm³/mol. The Morgan fingerprint density at radius 3 is 2.54 bits per heavy atom. The summed E-state index contributed by atoms with van der Waals surface area (Å²) >= 11 is 3.34. The number of hydrogen-bond acceptors (Lipinski definition) is 3. The molecule has 1 atom stereocenters. The van der Waals surface area contributed by atoms with Gasteiger partial charge in [-0.05, 0) is 43.3 Å². The van der Waals surface area contributed by atoms with E-state index in [0.717, 1.165) is 27.5 Å². The molecule has 3 rings (SSSR count). The molecule has 0 bridgehead atoms. The van der Waals surface area contributed by atoms with Crippen LogP contribution >= 0.6 is 15.9 Å². The molecule has 1 amide bonds. The highest BCUT2D eigenvalue weighted by Gasteiger charge is 2.22. The van der Waals surface area contributed by atoms with Crippen LogP contribution in [-0.4, -0.2) is 23.0 Å². The molecule has 26 heavy (non-hydrogen) atoms. The molecule has 2 N–H and O–H groups in total. The normalized spacial score (nSPS) is 12.0. The molecule has 0 spiro atoms. The van der Waals surface area contributed by atoms with Gasteiger partial charge in [-0.25, -0.2) is 13.6 Å². The van der Waals surface area contributed by atoms with Crippen molar-refractivity contribution < 1.29 is 23.1 Å². The smallest absolute Gasteiger partial charge is 0.355 e. The van der Waals surface area contributed by atoms with Gasteiger partial charge in [0.2, 0.25) is 0 Å². The molecule has 0 radical (unpaired) electrons. The molecule has 3 aromatic rings. The maximum atomic E-state index is 13.6. The minimum absolute atomic E-state index is 0.162. The second-order valence-corrected chi connectivity index (χ2v) is 6.46. The molecular formula is C18H13BrF2N2O3. The molecule has 5 nitrogen and oxygen atoms in total. The molecule has 0 aliphatic rings. The monoisotopic (exact) mass is 422 g/mol. The Balaban J connectivity index is 1.70. The van der Waals surface area contributed by atoms with Gasteiger partial charge in [0.15, 0.2) is 6.10 Å². The van der Waals surface area contributed by atoms with Crippen molar-refractivity contribution in [3.05, 3.63) is 64.3 Å². The second kappa shape index (κ2) is 7.25. The van der Waals surface area contributed by atoms with E-state index in [9.17, 15) is 18.4 Å². The SMILES string of the molecule is CC(OC(=O)c1cc2cc(Br)ccc2[nH]1)C(=O)Nc1c(F)cccc1F. The molecular weight excluding hydrogens is 410 g/mol. The largest absolute Gasteiger partial charge is 0.448 e. The van der Waals surface area contributed by atoms with Gasteiger partial charge >= 0.3 is 5.97 Å². The van der Waals surface area contributed by atoms with Crippen molar-refractivity contribution in [2.75, 3.05) is 5.32 Å². The van der Waals surface area contributed by atoms with Crippen molar-refractivity contribution in [3.63, 3.8) is 0 Å². The number of hydrogen-bond donors (Lipinski definition) is 2. The average Bonchev–Trinajstić information content (AvgIpc) is 3.01. The van der Waals surface area contributed by atoms with Gasteiger partial charge in [-0.3, -0.25) is 4.79 Å². The number of nitrogens with one attached hydrogen (secondary N) is 2. The fourth-order valence-corrected chi connectivity index (χ4v) is 2.71. The first-order valence-electron chi connectivity index (χ1n) is 7.59. The molecule has 134 valence electrons. The molecule has 2 aromatic carbocycles. The summed E-state index contributed by atoms with van der Waals surface area (Å²) in [5.74, 6) is -3.44. The van der Waals surface area contributed by atoms with Gasteiger partial charge in [0.25, 0.3) is 5.91 Å². The van der Waals surface area contributed by atoms with E-state index >= 15 is 0 Å². The number of carbonyl (C=O) groups excluding carboxylic acids is 2. The molecule has 1 heterocycles. The van der Waals surface area contributed by atoms with Crippen LogP contribution in [-0.2, 0) is 9.53 Å². The lowest BCUT2D eigenvalue weighted by molar-refractivity contribution is -0.123. The Labute approximate surface area is 155 Å². The van der Waals surface area contributed by atoms with E-state index in [2.05, 4.69) is 26.2 Å². The van der Waals surface area contributed by atoms with Crippen molar-refractivity contribution in [2.45, 2.75) is 13.0 Å². The highest BCUT2D eigenvalue weighted by Crippen LogP contribution is 2.22. The molecule has 1 aromatic heterocycles. The van der Waals surface area contributed by atoms with Crippen LogP contribution in [0.25, 0.3) is 10.9 Å². The number of aromatic amines is 1. The van der Waals surface area contributed by atoms with Crippen molar-refractivity contribution in [2.24, 2.45) is 0 Å². The number of carbonyl (C=O) groups is 2. The van der Waals surface area contributed by atoms with Gasteiger partial charge in [-0.2, -0.15) is 0 Å². The Kier molecular flexibility index (Phi) is 5.03.